The molecule has 1 unspecified atom stereocenters. The van der Waals surface area contributed by atoms with Gasteiger partial charge in [0.05, 0.1) is 38.3 Å². The molecule has 1 spiro atoms. The van der Waals surface area contributed by atoms with Gasteiger partial charge in [-0.2, -0.15) is 0 Å². The predicted octanol–water partition coefficient (Wildman–Crippen LogP) is 7.01. The summed E-state index contributed by atoms with van der Waals surface area (Å²) < 4.78 is 40.5. The third-order valence-electron chi connectivity index (χ3n) is 13.4. The van der Waals surface area contributed by atoms with Crippen LogP contribution in [0.5, 0.6) is 5.75 Å². The van der Waals surface area contributed by atoms with Crippen molar-refractivity contribution in [1.29, 1.82) is 0 Å². The molecule has 4 saturated carbocycles. The van der Waals surface area contributed by atoms with Crippen LogP contribution in [0.4, 0.5) is 4.79 Å². The van der Waals surface area contributed by atoms with Gasteiger partial charge in [-0.15, -0.1) is 0 Å². The SMILES string of the molecule is COc1ccc(C2O[C@H]3C[C@]4(O2)[C@@H]2CC[C@@H]5C[C@@H](OC(=O)CCC(=O)OC(=O)OCC(C)C)CC[C@]5(C)[C@H]2CC[C@]4(C)[C@H]3C2=CC(=O)OC2)cc1. The number of carbonyl (C=O) groups excluding carboxylic acids is 4. The lowest BCUT2D eigenvalue weighted by Gasteiger charge is -2.65. The molecule has 0 radical (unpaired) electrons. The molecule has 1 aromatic carbocycles. The van der Waals surface area contributed by atoms with E-state index in [1.807, 2.05) is 38.1 Å². The van der Waals surface area contributed by atoms with E-state index in [1.165, 1.54) is 0 Å². The number of rotatable bonds is 9. The summed E-state index contributed by atoms with van der Waals surface area (Å²) in [5, 5.41) is 0. The quantitative estimate of drug-likeness (QED) is 0.149. The molecule has 5 fully saturated rings. The van der Waals surface area contributed by atoms with Crippen molar-refractivity contribution in [3.05, 3.63) is 41.5 Å². The molecule has 6 aliphatic rings. The van der Waals surface area contributed by atoms with Crippen molar-refractivity contribution in [3.63, 3.8) is 0 Å². The topological polar surface area (TPSA) is 133 Å². The van der Waals surface area contributed by atoms with E-state index in [0.29, 0.717) is 24.4 Å². The number of hydrogen-bond acceptors (Lipinski definition) is 11. The van der Waals surface area contributed by atoms with Crippen molar-refractivity contribution >= 4 is 24.1 Å². The molecule has 10 atom stereocenters. The van der Waals surface area contributed by atoms with Crippen molar-refractivity contribution in [2.75, 3.05) is 20.3 Å². The summed E-state index contributed by atoms with van der Waals surface area (Å²) in [7, 11) is 1.66. The Kier molecular flexibility index (Phi) is 9.75. The molecule has 2 bridgehead atoms. The van der Waals surface area contributed by atoms with Crippen molar-refractivity contribution in [2.24, 2.45) is 40.4 Å². The molecule has 7 rings (SSSR count). The smallest absolute Gasteiger partial charge is 0.497 e. The van der Waals surface area contributed by atoms with Crippen LogP contribution in [0.3, 0.4) is 0 Å². The van der Waals surface area contributed by atoms with Gasteiger partial charge in [0.1, 0.15) is 18.5 Å². The summed E-state index contributed by atoms with van der Waals surface area (Å²) >= 11 is 0. The number of methoxy groups -OCH3 is 1. The van der Waals surface area contributed by atoms with Crippen LogP contribution in [-0.4, -0.2) is 62.2 Å². The van der Waals surface area contributed by atoms with E-state index in [-0.39, 0.29) is 60.3 Å². The lowest BCUT2D eigenvalue weighted by Crippen LogP contribution is -2.63. The summed E-state index contributed by atoms with van der Waals surface area (Å²) in [4.78, 5) is 48.9. The summed E-state index contributed by atoms with van der Waals surface area (Å²) in [6, 6.07) is 7.92. The van der Waals surface area contributed by atoms with Crippen LogP contribution in [-0.2, 0) is 42.8 Å². The Morgan fingerprint density at radius 1 is 0.961 bits per heavy atom. The Morgan fingerprint density at radius 2 is 1.73 bits per heavy atom. The molecule has 11 nitrogen and oxygen atoms in total. The van der Waals surface area contributed by atoms with Crippen LogP contribution in [0, 0.1) is 40.4 Å². The van der Waals surface area contributed by atoms with Crippen LogP contribution >= 0.6 is 0 Å². The van der Waals surface area contributed by atoms with Crippen molar-refractivity contribution in [1.82, 2.24) is 0 Å². The minimum absolute atomic E-state index is 0.0248. The number of hydrogen-bond donors (Lipinski definition) is 0. The van der Waals surface area contributed by atoms with Gasteiger partial charge in [-0.05, 0) is 91.7 Å². The second-order valence-corrected chi connectivity index (χ2v) is 16.6. The number of benzene rings is 1. The van der Waals surface area contributed by atoms with Gasteiger partial charge in [0, 0.05) is 29.4 Å². The Bertz CT molecular complexity index is 1550. The second-order valence-electron chi connectivity index (χ2n) is 16.6. The number of cyclic esters (lactones) is 1. The molecule has 0 N–H and O–H groups in total. The van der Waals surface area contributed by atoms with Gasteiger partial charge in [0.2, 0.25) is 0 Å². The first-order valence-corrected chi connectivity index (χ1v) is 18.8. The summed E-state index contributed by atoms with van der Waals surface area (Å²) in [6.45, 7) is 9.03. The van der Waals surface area contributed by atoms with Crippen LogP contribution in [0.2, 0.25) is 0 Å². The largest absolute Gasteiger partial charge is 0.516 e. The van der Waals surface area contributed by atoms with Gasteiger partial charge in [-0.1, -0.05) is 39.8 Å². The predicted molar refractivity (Wildman–Crippen MR) is 182 cm³/mol. The van der Waals surface area contributed by atoms with E-state index in [0.717, 1.165) is 68.3 Å². The Balaban J connectivity index is 1.05. The highest BCUT2D eigenvalue weighted by Gasteiger charge is 2.74. The van der Waals surface area contributed by atoms with Gasteiger partial charge in [-0.3, -0.25) is 9.59 Å². The third kappa shape index (κ3) is 6.47. The Morgan fingerprint density at radius 3 is 2.43 bits per heavy atom. The second kappa shape index (κ2) is 13.8. The molecule has 4 aliphatic carbocycles. The molecule has 2 heterocycles. The summed E-state index contributed by atoms with van der Waals surface area (Å²) in [5.74, 6) is 0.506. The van der Waals surface area contributed by atoms with Gasteiger partial charge in [0.15, 0.2) is 6.29 Å². The maximum Gasteiger partial charge on any atom is 0.516 e. The van der Waals surface area contributed by atoms with E-state index in [1.54, 1.807) is 13.2 Å². The maximum absolute atomic E-state index is 12.8. The van der Waals surface area contributed by atoms with E-state index in [9.17, 15) is 19.2 Å². The number of carbonyl (C=O) groups is 4. The zero-order valence-corrected chi connectivity index (χ0v) is 30.5. The molecule has 1 saturated heterocycles. The Labute approximate surface area is 300 Å². The lowest BCUT2D eigenvalue weighted by molar-refractivity contribution is -0.319. The third-order valence-corrected chi connectivity index (χ3v) is 13.4. The molecule has 0 amide bonds. The van der Waals surface area contributed by atoms with Gasteiger partial charge < -0.3 is 33.2 Å². The Hall–Kier alpha value is -3.44. The van der Waals surface area contributed by atoms with E-state index in [2.05, 4.69) is 18.6 Å². The molecule has 1 aromatic rings. The van der Waals surface area contributed by atoms with E-state index >= 15 is 0 Å². The standard InChI is InChI=1S/C40H52O11/c1-23(2)21-47-37(44)50-33(42)13-12-32(41)48-28-14-16-38(3)26(19-28)8-11-30-29(38)15-17-39(4)35(25-18-34(43)46-22-25)31-20-40(30,39)51-36(49-31)24-6-9-27(45-5)10-7-24/h6-7,9-10,18,23,26,28-31,35-36H,8,11-17,19-22H2,1-5H3/t26-,28+,29+,30-,31+,35+,36?,38+,39-,40+/m1/s1. The fourth-order valence-electron chi connectivity index (χ4n) is 11.0. The monoisotopic (exact) mass is 708 g/mol. The molecular formula is C40H52O11. The van der Waals surface area contributed by atoms with Crippen molar-refractivity contribution in [2.45, 2.75) is 116 Å². The van der Waals surface area contributed by atoms with Crippen LogP contribution < -0.4 is 4.74 Å². The number of fused-ring (bicyclic) bond motifs is 4. The zero-order valence-electron chi connectivity index (χ0n) is 30.5. The highest BCUT2D eigenvalue weighted by molar-refractivity contribution is 5.85. The molecule has 278 valence electrons. The average molecular weight is 709 g/mol. The maximum atomic E-state index is 12.8. The normalized spacial score (nSPS) is 38.0. The van der Waals surface area contributed by atoms with Crippen LogP contribution in [0.15, 0.2) is 35.9 Å². The fraction of sp³-hybridized carbons (Fsp3) is 0.700. The van der Waals surface area contributed by atoms with Crippen LogP contribution in [0.25, 0.3) is 0 Å². The molecular weight excluding hydrogens is 656 g/mol. The first-order chi connectivity index (χ1) is 24.3. The molecule has 0 aromatic heterocycles. The first kappa shape index (κ1) is 35.9. The number of ether oxygens (including phenoxy) is 7. The molecule has 2 aliphatic heterocycles. The highest BCUT2D eigenvalue weighted by Crippen LogP contribution is 2.73. The summed E-state index contributed by atoms with van der Waals surface area (Å²) in [5.41, 5.74) is 1.36. The molecule has 11 heteroatoms. The number of esters is 3. The zero-order chi connectivity index (χ0) is 36.1. The minimum atomic E-state index is -1.04. The fourth-order valence-corrected chi connectivity index (χ4v) is 11.0. The average Bonchev–Trinajstić information content (AvgIpc) is 3.60. The van der Waals surface area contributed by atoms with Gasteiger partial charge in [0.25, 0.3) is 0 Å². The van der Waals surface area contributed by atoms with E-state index < -0.39 is 30.0 Å². The van der Waals surface area contributed by atoms with E-state index in [4.69, 9.17) is 28.4 Å². The van der Waals surface area contributed by atoms with Crippen molar-refractivity contribution in [3.8, 4) is 5.75 Å². The van der Waals surface area contributed by atoms with Gasteiger partial charge >= 0.3 is 24.1 Å². The molecule has 51 heavy (non-hydrogen) atoms. The first-order valence-electron chi connectivity index (χ1n) is 18.8. The highest BCUT2D eigenvalue weighted by atomic mass is 16.7. The van der Waals surface area contributed by atoms with Gasteiger partial charge in [-0.25, -0.2) is 9.59 Å². The van der Waals surface area contributed by atoms with Crippen LogP contribution in [0.1, 0.15) is 104 Å². The summed E-state index contributed by atoms with van der Waals surface area (Å²) in [6.07, 6.45) is 6.71. The minimum Gasteiger partial charge on any atom is -0.497 e. The lowest BCUT2D eigenvalue weighted by atomic mass is 9.43. The van der Waals surface area contributed by atoms with Crippen molar-refractivity contribution < 1.29 is 52.3 Å².